The maximum atomic E-state index is 10.0. The second kappa shape index (κ2) is 4.45. The Morgan fingerprint density at radius 2 is 1.85 bits per heavy atom. The summed E-state index contributed by atoms with van der Waals surface area (Å²) in [5.74, 6) is 0. The van der Waals surface area contributed by atoms with Crippen LogP contribution in [0.3, 0.4) is 0 Å². The third-order valence-corrected chi connectivity index (χ3v) is 1.96. The molecule has 1 N–H and O–H groups in total. The zero-order valence-electron chi connectivity index (χ0n) is 7.87. The Hall–Kier alpha value is -1.57. The molecule has 0 bridgehead atoms. The van der Waals surface area contributed by atoms with Crippen LogP contribution < -0.4 is 5.32 Å². The van der Waals surface area contributed by atoms with Crippen LogP contribution in [0.15, 0.2) is 24.4 Å². The van der Waals surface area contributed by atoms with E-state index >= 15 is 0 Å². The second-order valence-electron chi connectivity index (χ2n) is 2.92. The zero-order valence-corrected chi connectivity index (χ0v) is 7.87. The van der Waals surface area contributed by atoms with E-state index in [2.05, 4.69) is 5.32 Å². The molecule has 13 heavy (non-hydrogen) atoms. The molecule has 1 rings (SSSR count). The first kappa shape index (κ1) is 9.52. The number of carbonyl (C=O) groups excluding carboxylic acids is 1. The Labute approximate surface area is 78.3 Å². The van der Waals surface area contributed by atoms with Gasteiger partial charge in [-0.3, -0.25) is 4.79 Å². The lowest BCUT2D eigenvalue weighted by molar-refractivity contribution is -0.108. The number of hydrogen-bond acceptors (Lipinski definition) is 1. The van der Waals surface area contributed by atoms with Crippen molar-refractivity contribution in [3.8, 4) is 0 Å². The molecular weight excluding hydrogens is 162 g/mol. The average molecular weight is 175 g/mol. The van der Waals surface area contributed by atoms with Crippen molar-refractivity contribution in [1.82, 2.24) is 5.32 Å². The first-order valence-electron chi connectivity index (χ1n) is 4.18. The van der Waals surface area contributed by atoms with Crippen LogP contribution in [0.4, 0.5) is 0 Å². The summed E-state index contributed by atoms with van der Waals surface area (Å²) in [6.07, 6.45) is 4.20. The van der Waals surface area contributed by atoms with Crippen LogP contribution in [0.1, 0.15) is 16.7 Å². The van der Waals surface area contributed by atoms with Gasteiger partial charge in [0.1, 0.15) is 0 Å². The Kier molecular flexibility index (Phi) is 3.26. The van der Waals surface area contributed by atoms with E-state index in [4.69, 9.17) is 0 Å². The fourth-order valence-corrected chi connectivity index (χ4v) is 1.26. The first-order valence-corrected chi connectivity index (χ1v) is 4.18. The SMILES string of the molecule is Cc1cccc(C)c1/C=C\NC=O. The lowest BCUT2D eigenvalue weighted by atomic mass is 10.0. The van der Waals surface area contributed by atoms with Gasteiger partial charge in [0.05, 0.1) is 0 Å². The topological polar surface area (TPSA) is 29.1 Å². The minimum absolute atomic E-state index is 0.657. The standard InChI is InChI=1S/C11H13NO/c1-9-4-3-5-10(2)11(9)6-7-12-8-13/h3-8H,1-2H3,(H,12,13)/b7-6-. The van der Waals surface area contributed by atoms with Crippen LogP contribution in [0.2, 0.25) is 0 Å². The van der Waals surface area contributed by atoms with Gasteiger partial charge in [-0.15, -0.1) is 0 Å². The predicted molar refractivity (Wildman–Crippen MR) is 54.1 cm³/mol. The van der Waals surface area contributed by atoms with Crippen LogP contribution >= 0.6 is 0 Å². The Bertz CT molecular complexity index is 309. The van der Waals surface area contributed by atoms with Crippen molar-refractivity contribution in [3.05, 3.63) is 41.1 Å². The molecule has 1 aromatic rings. The van der Waals surface area contributed by atoms with Crippen molar-refractivity contribution in [2.75, 3.05) is 0 Å². The largest absolute Gasteiger partial charge is 0.335 e. The van der Waals surface area contributed by atoms with E-state index in [1.165, 1.54) is 11.1 Å². The Morgan fingerprint density at radius 1 is 1.23 bits per heavy atom. The highest BCUT2D eigenvalue weighted by molar-refractivity contribution is 5.59. The van der Waals surface area contributed by atoms with Gasteiger partial charge >= 0.3 is 0 Å². The lowest BCUT2D eigenvalue weighted by Crippen LogP contribution is -1.98. The van der Waals surface area contributed by atoms with E-state index in [-0.39, 0.29) is 0 Å². The van der Waals surface area contributed by atoms with Gasteiger partial charge in [-0.25, -0.2) is 0 Å². The summed E-state index contributed by atoms with van der Waals surface area (Å²) in [6.45, 7) is 4.10. The molecule has 0 aliphatic carbocycles. The second-order valence-corrected chi connectivity index (χ2v) is 2.92. The quantitative estimate of drug-likeness (QED) is 0.699. The maximum Gasteiger partial charge on any atom is 0.211 e. The molecule has 0 saturated carbocycles. The van der Waals surface area contributed by atoms with E-state index in [0.29, 0.717) is 6.41 Å². The molecule has 0 atom stereocenters. The van der Waals surface area contributed by atoms with Crippen LogP contribution in [-0.2, 0) is 4.79 Å². The number of carbonyl (C=O) groups is 1. The van der Waals surface area contributed by atoms with E-state index in [0.717, 1.165) is 5.56 Å². The van der Waals surface area contributed by atoms with Gasteiger partial charge in [0.25, 0.3) is 0 Å². The van der Waals surface area contributed by atoms with Gasteiger partial charge in [-0.05, 0) is 36.6 Å². The molecule has 1 aromatic carbocycles. The number of aryl methyl sites for hydroxylation is 2. The molecule has 0 aromatic heterocycles. The molecule has 1 amide bonds. The van der Waals surface area contributed by atoms with Crippen molar-refractivity contribution < 1.29 is 4.79 Å². The van der Waals surface area contributed by atoms with Gasteiger partial charge < -0.3 is 5.32 Å². The summed E-state index contributed by atoms with van der Waals surface area (Å²) < 4.78 is 0. The number of amides is 1. The van der Waals surface area contributed by atoms with Crippen LogP contribution in [0.25, 0.3) is 6.08 Å². The van der Waals surface area contributed by atoms with Gasteiger partial charge in [0.15, 0.2) is 0 Å². The molecule has 0 heterocycles. The first-order chi connectivity index (χ1) is 6.25. The minimum Gasteiger partial charge on any atom is -0.335 e. The molecule has 0 fully saturated rings. The number of benzene rings is 1. The minimum atomic E-state index is 0.657. The molecule has 68 valence electrons. The summed E-state index contributed by atoms with van der Waals surface area (Å²) in [7, 11) is 0. The smallest absolute Gasteiger partial charge is 0.211 e. The highest BCUT2D eigenvalue weighted by Crippen LogP contribution is 2.14. The fraction of sp³-hybridized carbons (Fsp3) is 0.182. The van der Waals surface area contributed by atoms with Crippen LogP contribution in [0, 0.1) is 13.8 Å². The summed E-state index contributed by atoms with van der Waals surface area (Å²) in [4.78, 5) is 10.0. The number of hydrogen-bond donors (Lipinski definition) is 1. The summed E-state index contributed by atoms with van der Waals surface area (Å²) in [5.41, 5.74) is 3.59. The van der Waals surface area contributed by atoms with Gasteiger partial charge in [0.2, 0.25) is 6.41 Å². The van der Waals surface area contributed by atoms with E-state index in [9.17, 15) is 4.79 Å². The number of rotatable bonds is 3. The fourth-order valence-electron chi connectivity index (χ4n) is 1.26. The highest BCUT2D eigenvalue weighted by atomic mass is 16.1. The van der Waals surface area contributed by atoms with Gasteiger partial charge in [-0.2, -0.15) is 0 Å². The third kappa shape index (κ3) is 2.44. The van der Waals surface area contributed by atoms with Gasteiger partial charge in [-0.1, -0.05) is 18.2 Å². The van der Waals surface area contributed by atoms with Crippen LogP contribution in [-0.4, -0.2) is 6.41 Å². The molecule has 2 heteroatoms. The van der Waals surface area contributed by atoms with Crippen molar-refractivity contribution in [2.24, 2.45) is 0 Å². The van der Waals surface area contributed by atoms with Crippen molar-refractivity contribution in [3.63, 3.8) is 0 Å². The van der Waals surface area contributed by atoms with E-state index < -0.39 is 0 Å². The molecule has 0 saturated heterocycles. The van der Waals surface area contributed by atoms with E-state index in [1.54, 1.807) is 6.20 Å². The highest BCUT2D eigenvalue weighted by Gasteiger charge is 1.95. The summed E-state index contributed by atoms with van der Waals surface area (Å²) >= 11 is 0. The molecule has 0 aliphatic rings. The van der Waals surface area contributed by atoms with Crippen LogP contribution in [0.5, 0.6) is 0 Å². The molecule has 0 spiro atoms. The third-order valence-electron chi connectivity index (χ3n) is 1.96. The van der Waals surface area contributed by atoms with E-state index in [1.807, 2.05) is 38.1 Å². The number of nitrogens with one attached hydrogen (secondary N) is 1. The molecule has 0 radical (unpaired) electrons. The molecule has 2 nitrogen and oxygen atoms in total. The average Bonchev–Trinajstić information content (AvgIpc) is 2.10. The van der Waals surface area contributed by atoms with Crippen molar-refractivity contribution in [1.29, 1.82) is 0 Å². The summed E-state index contributed by atoms with van der Waals surface area (Å²) in [5, 5.41) is 2.49. The summed E-state index contributed by atoms with van der Waals surface area (Å²) in [6, 6.07) is 6.12. The Morgan fingerprint density at radius 3 is 2.38 bits per heavy atom. The zero-order chi connectivity index (χ0) is 9.68. The van der Waals surface area contributed by atoms with Crippen molar-refractivity contribution >= 4 is 12.5 Å². The van der Waals surface area contributed by atoms with Gasteiger partial charge in [0, 0.05) is 6.20 Å². The normalized spacial score (nSPS) is 10.3. The molecule has 0 unspecified atom stereocenters. The molecule has 0 aliphatic heterocycles. The maximum absolute atomic E-state index is 10.0. The predicted octanol–water partition coefficient (Wildman–Crippen LogP) is 2.02. The Balaban J connectivity index is 2.92. The molecular formula is C11H13NO. The van der Waals surface area contributed by atoms with Crippen molar-refractivity contribution in [2.45, 2.75) is 13.8 Å². The monoisotopic (exact) mass is 175 g/mol. The lowest BCUT2D eigenvalue weighted by Gasteiger charge is -2.03.